The van der Waals surface area contributed by atoms with Crippen LogP contribution in [-0.2, 0) is 0 Å². The van der Waals surface area contributed by atoms with Gasteiger partial charge in [0.25, 0.3) is 0 Å². The van der Waals surface area contributed by atoms with Gasteiger partial charge in [0.1, 0.15) is 0 Å². The third-order valence-corrected chi connectivity index (χ3v) is 2.64. The Labute approximate surface area is 89.1 Å². The van der Waals surface area contributed by atoms with E-state index < -0.39 is 0 Å². The summed E-state index contributed by atoms with van der Waals surface area (Å²) in [5.41, 5.74) is 8.41. The predicted molar refractivity (Wildman–Crippen MR) is 65.3 cm³/mol. The molecule has 0 saturated heterocycles. The second-order valence-electron chi connectivity index (χ2n) is 3.84. The number of hydrogen-bond acceptors (Lipinski definition) is 1. The van der Waals surface area contributed by atoms with Gasteiger partial charge in [-0.3, -0.25) is 0 Å². The van der Waals surface area contributed by atoms with E-state index in [-0.39, 0.29) is 0 Å². The molecule has 0 aliphatic carbocycles. The molecule has 0 aliphatic heterocycles. The maximum atomic E-state index is 5.58. The molecular weight excluding hydrogens is 170 g/mol. The Hall–Kier alpha value is -0.560. The van der Waals surface area contributed by atoms with Gasteiger partial charge in [0.15, 0.2) is 0 Å². The molecule has 0 unspecified atom stereocenters. The molecule has 0 aromatic carbocycles. The number of nitrogens with two attached hydrogens (primary N) is 1. The Bertz CT molecular complexity index is 180. The number of unbranched alkanes of at least 4 members (excludes halogenated alkanes) is 3. The molecule has 0 saturated carbocycles. The maximum Gasteiger partial charge on any atom is -0.00397 e. The fraction of sp³-hybridized carbons (Fsp3) is 0.692. The van der Waals surface area contributed by atoms with Gasteiger partial charge in [-0.2, -0.15) is 0 Å². The minimum Gasteiger partial charge on any atom is -0.330 e. The zero-order valence-corrected chi connectivity index (χ0v) is 9.81. The molecule has 0 fully saturated rings. The van der Waals surface area contributed by atoms with E-state index in [1.807, 2.05) is 6.08 Å². The fourth-order valence-electron chi connectivity index (χ4n) is 1.60. The summed E-state index contributed by atoms with van der Waals surface area (Å²) in [5, 5.41) is 0. The molecule has 0 radical (unpaired) electrons. The highest BCUT2D eigenvalue weighted by atomic mass is 14.5. The lowest BCUT2D eigenvalue weighted by atomic mass is 9.99. The van der Waals surface area contributed by atoms with Crippen LogP contribution in [0.4, 0.5) is 0 Å². The maximum absolute atomic E-state index is 5.58. The molecular formula is C13H25N. The van der Waals surface area contributed by atoms with Gasteiger partial charge in [-0.25, -0.2) is 0 Å². The van der Waals surface area contributed by atoms with Crippen molar-refractivity contribution >= 4 is 0 Å². The van der Waals surface area contributed by atoms with E-state index >= 15 is 0 Å². The smallest absolute Gasteiger partial charge is 0.00397 e. The summed E-state index contributed by atoms with van der Waals surface area (Å²) >= 11 is 0. The first-order valence-electron chi connectivity index (χ1n) is 5.77. The first-order chi connectivity index (χ1) is 6.76. The average Bonchev–Trinajstić information content (AvgIpc) is 2.21. The van der Waals surface area contributed by atoms with Crippen molar-refractivity contribution in [2.24, 2.45) is 5.73 Å². The van der Waals surface area contributed by atoms with Crippen molar-refractivity contribution in [1.82, 2.24) is 0 Å². The minimum absolute atomic E-state index is 0.758. The van der Waals surface area contributed by atoms with E-state index in [9.17, 15) is 0 Å². The van der Waals surface area contributed by atoms with Crippen LogP contribution < -0.4 is 5.73 Å². The average molecular weight is 195 g/mol. The van der Waals surface area contributed by atoms with Gasteiger partial charge in [0, 0.05) is 0 Å². The molecule has 1 nitrogen and oxygen atoms in total. The standard InChI is InChI=1S/C13H25N/c1-4-6-7-8-9-13(10-11-14)12(3)5-2/h5H,2,4,6-11,14H2,1,3H3/b13-12+. The van der Waals surface area contributed by atoms with Crippen molar-refractivity contribution in [2.75, 3.05) is 6.54 Å². The van der Waals surface area contributed by atoms with Crippen LogP contribution in [0.5, 0.6) is 0 Å². The van der Waals surface area contributed by atoms with Crippen molar-refractivity contribution in [1.29, 1.82) is 0 Å². The van der Waals surface area contributed by atoms with Gasteiger partial charge in [-0.15, -0.1) is 0 Å². The van der Waals surface area contributed by atoms with Crippen molar-refractivity contribution in [3.8, 4) is 0 Å². The molecule has 0 atom stereocenters. The van der Waals surface area contributed by atoms with E-state index in [2.05, 4.69) is 20.4 Å². The monoisotopic (exact) mass is 195 g/mol. The lowest BCUT2D eigenvalue weighted by Crippen LogP contribution is -2.01. The summed E-state index contributed by atoms with van der Waals surface area (Å²) in [6, 6.07) is 0. The first-order valence-corrected chi connectivity index (χ1v) is 5.77. The summed E-state index contributed by atoms with van der Waals surface area (Å²) in [6.45, 7) is 8.95. The second kappa shape index (κ2) is 9.01. The number of allylic oxidation sites excluding steroid dienone is 2. The Balaban J connectivity index is 3.91. The van der Waals surface area contributed by atoms with E-state index in [0.29, 0.717) is 0 Å². The molecule has 0 heterocycles. The van der Waals surface area contributed by atoms with Crippen molar-refractivity contribution < 1.29 is 0 Å². The molecule has 0 rings (SSSR count). The third-order valence-electron chi connectivity index (χ3n) is 2.64. The van der Waals surface area contributed by atoms with Gasteiger partial charge in [-0.1, -0.05) is 50.0 Å². The quantitative estimate of drug-likeness (QED) is 0.462. The zero-order chi connectivity index (χ0) is 10.8. The van der Waals surface area contributed by atoms with Crippen LogP contribution in [0.1, 0.15) is 52.4 Å². The van der Waals surface area contributed by atoms with Gasteiger partial charge in [0.2, 0.25) is 0 Å². The zero-order valence-electron chi connectivity index (χ0n) is 9.81. The molecule has 1 heteroatoms. The molecule has 0 spiro atoms. The molecule has 0 aromatic rings. The summed E-state index contributed by atoms with van der Waals surface area (Å²) in [6.07, 6.45) is 9.48. The molecule has 0 bridgehead atoms. The first kappa shape index (κ1) is 13.4. The van der Waals surface area contributed by atoms with E-state index in [1.54, 1.807) is 0 Å². The van der Waals surface area contributed by atoms with Crippen LogP contribution in [0, 0.1) is 0 Å². The fourth-order valence-corrected chi connectivity index (χ4v) is 1.60. The Morgan fingerprint density at radius 3 is 2.43 bits per heavy atom. The van der Waals surface area contributed by atoms with Gasteiger partial charge in [-0.05, 0) is 32.7 Å². The highest BCUT2D eigenvalue weighted by molar-refractivity contribution is 5.22. The Morgan fingerprint density at radius 2 is 1.93 bits per heavy atom. The predicted octanol–water partition coefficient (Wildman–Crippen LogP) is 3.81. The van der Waals surface area contributed by atoms with Crippen LogP contribution in [0.2, 0.25) is 0 Å². The molecule has 0 aliphatic rings. The van der Waals surface area contributed by atoms with Crippen LogP contribution >= 0.6 is 0 Å². The van der Waals surface area contributed by atoms with Crippen molar-refractivity contribution in [3.05, 3.63) is 23.8 Å². The van der Waals surface area contributed by atoms with E-state index in [0.717, 1.165) is 13.0 Å². The topological polar surface area (TPSA) is 26.0 Å². The highest BCUT2D eigenvalue weighted by Gasteiger charge is 1.99. The Kier molecular flexibility index (Phi) is 8.65. The third kappa shape index (κ3) is 5.98. The van der Waals surface area contributed by atoms with Crippen LogP contribution in [0.25, 0.3) is 0 Å². The largest absolute Gasteiger partial charge is 0.330 e. The van der Waals surface area contributed by atoms with E-state index in [1.165, 1.54) is 43.3 Å². The highest BCUT2D eigenvalue weighted by Crippen LogP contribution is 2.17. The summed E-state index contributed by atoms with van der Waals surface area (Å²) in [7, 11) is 0. The van der Waals surface area contributed by atoms with Gasteiger partial charge >= 0.3 is 0 Å². The SMILES string of the molecule is C=C/C(C)=C(/CCN)CCCCCC. The molecule has 82 valence electrons. The Morgan fingerprint density at radius 1 is 1.21 bits per heavy atom. The lowest BCUT2D eigenvalue weighted by molar-refractivity contribution is 0.652. The van der Waals surface area contributed by atoms with Gasteiger partial charge in [0.05, 0.1) is 0 Å². The van der Waals surface area contributed by atoms with Crippen LogP contribution in [-0.4, -0.2) is 6.54 Å². The number of rotatable bonds is 8. The number of hydrogen-bond donors (Lipinski definition) is 1. The van der Waals surface area contributed by atoms with Crippen molar-refractivity contribution in [2.45, 2.75) is 52.4 Å². The lowest BCUT2D eigenvalue weighted by Gasteiger charge is -2.08. The normalized spacial score (nSPS) is 12.5. The molecule has 14 heavy (non-hydrogen) atoms. The molecule has 0 aromatic heterocycles. The van der Waals surface area contributed by atoms with E-state index in [4.69, 9.17) is 5.73 Å². The summed E-state index contributed by atoms with van der Waals surface area (Å²) in [5.74, 6) is 0. The molecule has 0 amide bonds. The summed E-state index contributed by atoms with van der Waals surface area (Å²) in [4.78, 5) is 0. The van der Waals surface area contributed by atoms with Crippen molar-refractivity contribution in [3.63, 3.8) is 0 Å². The second-order valence-corrected chi connectivity index (χ2v) is 3.84. The van der Waals surface area contributed by atoms with Crippen LogP contribution in [0.3, 0.4) is 0 Å². The molecule has 2 N–H and O–H groups in total. The van der Waals surface area contributed by atoms with Crippen LogP contribution in [0.15, 0.2) is 23.8 Å². The minimum atomic E-state index is 0.758. The summed E-state index contributed by atoms with van der Waals surface area (Å²) < 4.78 is 0. The van der Waals surface area contributed by atoms with Gasteiger partial charge < -0.3 is 5.73 Å².